The molecule has 12 heavy (non-hydrogen) atoms. The first-order chi connectivity index (χ1) is 5.66. The van der Waals surface area contributed by atoms with Gasteiger partial charge in [0.05, 0.1) is 0 Å². The molecule has 0 bridgehead atoms. The fraction of sp³-hybridized carbons (Fsp3) is 0.750. The summed E-state index contributed by atoms with van der Waals surface area (Å²) in [6, 6.07) is -0.238. The molecule has 1 fully saturated rings. The summed E-state index contributed by atoms with van der Waals surface area (Å²) in [4.78, 5) is 23.9. The molecule has 4 heteroatoms. The van der Waals surface area contributed by atoms with Gasteiger partial charge in [0.2, 0.25) is 11.8 Å². The third-order valence-electron chi connectivity index (χ3n) is 2.15. The van der Waals surface area contributed by atoms with Gasteiger partial charge in [-0.2, -0.15) is 0 Å². The lowest BCUT2D eigenvalue weighted by Gasteiger charge is -2.18. The van der Waals surface area contributed by atoms with Crippen molar-refractivity contribution in [3.05, 3.63) is 0 Å². The lowest BCUT2D eigenvalue weighted by atomic mass is 10.2. The average Bonchev–Trinajstić information content (AvgIpc) is 2.34. The van der Waals surface area contributed by atoms with Gasteiger partial charge in [-0.25, -0.2) is 0 Å². The zero-order chi connectivity index (χ0) is 9.14. The SMILES string of the molecule is CCNC(=O)C1CCC(=O)N1C. The number of carbonyl (C=O) groups is 2. The number of nitrogens with one attached hydrogen (secondary N) is 1. The van der Waals surface area contributed by atoms with Gasteiger partial charge in [-0.3, -0.25) is 9.59 Å². The van der Waals surface area contributed by atoms with Crippen molar-refractivity contribution in [2.75, 3.05) is 13.6 Å². The second-order valence-corrected chi connectivity index (χ2v) is 2.95. The molecule has 0 aliphatic carbocycles. The van der Waals surface area contributed by atoms with Crippen LogP contribution in [0.2, 0.25) is 0 Å². The summed E-state index contributed by atoms with van der Waals surface area (Å²) in [5.41, 5.74) is 0. The van der Waals surface area contributed by atoms with Crippen molar-refractivity contribution in [2.24, 2.45) is 0 Å². The van der Waals surface area contributed by atoms with E-state index in [0.29, 0.717) is 19.4 Å². The van der Waals surface area contributed by atoms with Gasteiger partial charge >= 0.3 is 0 Å². The van der Waals surface area contributed by atoms with Gasteiger partial charge < -0.3 is 10.2 Å². The van der Waals surface area contributed by atoms with Gasteiger partial charge in [0.25, 0.3) is 0 Å². The Hall–Kier alpha value is -1.06. The fourth-order valence-electron chi connectivity index (χ4n) is 1.40. The van der Waals surface area contributed by atoms with E-state index in [4.69, 9.17) is 0 Å². The van der Waals surface area contributed by atoms with E-state index in [1.165, 1.54) is 4.90 Å². The molecule has 2 amide bonds. The summed E-state index contributed by atoms with van der Waals surface area (Å²) in [5, 5.41) is 2.71. The zero-order valence-electron chi connectivity index (χ0n) is 7.46. The number of hydrogen-bond acceptors (Lipinski definition) is 2. The van der Waals surface area contributed by atoms with Crippen LogP contribution in [0.4, 0.5) is 0 Å². The van der Waals surface area contributed by atoms with E-state index in [0.717, 1.165) is 0 Å². The minimum atomic E-state index is -0.238. The number of likely N-dealkylation sites (tertiary alicyclic amines) is 1. The maximum Gasteiger partial charge on any atom is 0.242 e. The van der Waals surface area contributed by atoms with E-state index in [9.17, 15) is 9.59 Å². The molecule has 1 N–H and O–H groups in total. The predicted molar refractivity (Wildman–Crippen MR) is 44.5 cm³/mol. The van der Waals surface area contributed by atoms with Crippen LogP contribution in [0, 0.1) is 0 Å². The Morgan fingerprint density at radius 2 is 2.42 bits per heavy atom. The zero-order valence-corrected chi connectivity index (χ0v) is 7.46. The van der Waals surface area contributed by atoms with Crippen molar-refractivity contribution in [1.82, 2.24) is 10.2 Å². The Morgan fingerprint density at radius 1 is 1.75 bits per heavy atom. The number of rotatable bonds is 2. The van der Waals surface area contributed by atoms with Crippen molar-refractivity contribution in [3.63, 3.8) is 0 Å². The molecule has 0 saturated carbocycles. The van der Waals surface area contributed by atoms with Crippen LogP contribution in [0.5, 0.6) is 0 Å². The lowest BCUT2D eigenvalue weighted by molar-refractivity contribution is -0.133. The van der Waals surface area contributed by atoms with Gasteiger partial charge in [0.15, 0.2) is 0 Å². The molecule has 1 aliphatic rings. The van der Waals surface area contributed by atoms with Crippen molar-refractivity contribution in [2.45, 2.75) is 25.8 Å². The Labute approximate surface area is 71.9 Å². The Morgan fingerprint density at radius 3 is 2.83 bits per heavy atom. The smallest absolute Gasteiger partial charge is 0.242 e. The van der Waals surface area contributed by atoms with Crippen molar-refractivity contribution in [3.8, 4) is 0 Å². The van der Waals surface area contributed by atoms with Gasteiger partial charge in [-0.1, -0.05) is 0 Å². The highest BCUT2D eigenvalue weighted by atomic mass is 16.2. The maximum atomic E-state index is 11.3. The van der Waals surface area contributed by atoms with Crippen LogP contribution >= 0.6 is 0 Å². The molecule has 0 aromatic carbocycles. The van der Waals surface area contributed by atoms with Crippen molar-refractivity contribution < 1.29 is 9.59 Å². The van der Waals surface area contributed by atoms with Crippen LogP contribution in [-0.4, -0.2) is 36.3 Å². The highest BCUT2D eigenvalue weighted by Gasteiger charge is 2.32. The monoisotopic (exact) mass is 170 g/mol. The van der Waals surface area contributed by atoms with Crippen LogP contribution in [0.1, 0.15) is 19.8 Å². The number of hydrogen-bond donors (Lipinski definition) is 1. The number of nitrogens with zero attached hydrogens (tertiary/aromatic N) is 1. The van der Waals surface area contributed by atoms with E-state index in [2.05, 4.69) is 5.32 Å². The second-order valence-electron chi connectivity index (χ2n) is 2.95. The molecule has 4 nitrogen and oxygen atoms in total. The highest BCUT2D eigenvalue weighted by molar-refractivity contribution is 5.90. The minimum Gasteiger partial charge on any atom is -0.355 e. The van der Waals surface area contributed by atoms with Gasteiger partial charge in [0.1, 0.15) is 6.04 Å². The molecule has 1 aliphatic heterocycles. The molecule has 68 valence electrons. The van der Waals surface area contributed by atoms with Crippen molar-refractivity contribution in [1.29, 1.82) is 0 Å². The first kappa shape index (κ1) is 9.03. The van der Waals surface area contributed by atoms with Crippen LogP contribution in [0.15, 0.2) is 0 Å². The molecule has 1 saturated heterocycles. The average molecular weight is 170 g/mol. The normalized spacial score (nSPS) is 23.0. The number of likely N-dealkylation sites (N-methyl/N-ethyl adjacent to an activating group) is 2. The molecule has 1 atom stereocenters. The van der Waals surface area contributed by atoms with Gasteiger partial charge in [-0.05, 0) is 13.3 Å². The van der Waals surface area contributed by atoms with E-state index >= 15 is 0 Å². The quantitative estimate of drug-likeness (QED) is 0.621. The molecule has 0 radical (unpaired) electrons. The maximum absolute atomic E-state index is 11.3. The topological polar surface area (TPSA) is 49.4 Å². The van der Waals surface area contributed by atoms with Crippen LogP contribution in [0.25, 0.3) is 0 Å². The minimum absolute atomic E-state index is 0.0362. The summed E-state index contributed by atoms with van der Waals surface area (Å²) in [6.45, 7) is 2.49. The molecular weight excluding hydrogens is 156 g/mol. The Kier molecular flexibility index (Phi) is 2.68. The first-order valence-electron chi connectivity index (χ1n) is 4.20. The number of carbonyl (C=O) groups excluding carboxylic acids is 2. The largest absolute Gasteiger partial charge is 0.355 e. The molecule has 1 unspecified atom stereocenters. The van der Waals surface area contributed by atoms with Crippen molar-refractivity contribution >= 4 is 11.8 Å². The molecule has 0 aromatic rings. The summed E-state index contributed by atoms with van der Waals surface area (Å²) >= 11 is 0. The molecule has 1 heterocycles. The molecule has 0 spiro atoms. The van der Waals surface area contributed by atoms with Gasteiger partial charge in [-0.15, -0.1) is 0 Å². The van der Waals surface area contributed by atoms with Crippen LogP contribution < -0.4 is 5.32 Å². The highest BCUT2D eigenvalue weighted by Crippen LogP contribution is 2.15. The predicted octanol–water partition coefficient (Wildman–Crippen LogP) is -0.257. The first-order valence-corrected chi connectivity index (χ1v) is 4.20. The summed E-state index contributed by atoms with van der Waals surface area (Å²) < 4.78 is 0. The van der Waals surface area contributed by atoms with Crippen LogP contribution in [-0.2, 0) is 9.59 Å². The molecule has 0 aromatic heterocycles. The summed E-state index contributed by atoms with van der Waals surface area (Å²) in [6.07, 6.45) is 1.15. The summed E-state index contributed by atoms with van der Waals surface area (Å²) in [5.74, 6) is 0.0251. The van der Waals surface area contributed by atoms with E-state index in [1.54, 1.807) is 7.05 Å². The molecular formula is C8H14N2O2. The standard InChI is InChI=1S/C8H14N2O2/c1-3-9-8(12)6-4-5-7(11)10(6)2/h6H,3-5H2,1-2H3,(H,9,12). The third-order valence-corrected chi connectivity index (χ3v) is 2.15. The fourth-order valence-corrected chi connectivity index (χ4v) is 1.40. The van der Waals surface area contributed by atoms with E-state index in [1.807, 2.05) is 6.92 Å². The summed E-state index contributed by atoms with van der Waals surface area (Å²) in [7, 11) is 1.68. The van der Waals surface area contributed by atoms with E-state index < -0.39 is 0 Å². The van der Waals surface area contributed by atoms with E-state index in [-0.39, 0.29) is 17.9 Å². The number of amides is 2. The lowest BCUT2D eigenvalue weighted by Crippen LogP contribution is -2.42. The Bertz CT molecular complexity index is 203. The third kappa shape index (κ3) is 1.57. The second kappa shape index (κ2) is 3.56. The van der Waals surface area contributed by atoms with Gasteiger partial charge in [0, 0.05) is 20.0 Å². The Balaban J connectivity index is 2.53. The van der Waals surface area contributed by atoms with Crippen LogP contribution in [0.3, 0.4) is 0 Å². The molecule has 1 rings (SSSR count).